The van der Waals surface area contributed by atoms with Gasteiger partial charge in [-0.05, 0) is 77.8 Å². The molecule has 1 aliphatic rings. The van der Waals surface area contributed by atoms with Gasteiger partial charge >= 0.3 is 0 Å². The molecule has 1 N–H and O–H groups in total. The van der Waals surface area contributed by atoms with E-state index in [1.54, 1.807) is 25.1 Å². The summed E-state index contributed by atoms with van der Waals surface area (Å²) in [6, 6.07) is 10.8. The van der Waals surface area contributed by atoms with Crippen LogP contribution in [0, 0.1) is 0 Å². The van der Waals surface area contributed by atoms with Crippen LogP contribution in [0.1, 0.15) is 19.4 Å². The first kappa shape index (κ1) is 18.7. The van der Waals surface area contributed by atoms with Crippen molar-refractivity contribution < 1.29 is 14.6 Å². The SMILES string of the molecule is CCOc1cc(C=C2C(=O)N(c3ccc(Br)cc3)N=C2C)cc(Br)c1O. The third kappa shape index (κ3) is 3.68. The standard InChI is InChI=1S/C19H16Br2N2O3/c1-3-26-17-10-12(9-16(21)18(17)24)8-15-11(2)22-23(19(15)25)14-6-4-13(20)5-7-14/h4-10,24H,3H2,1-2H3. The van der Waals surface area contributed by atoms with Gasteiger partial charge in [0, 0.05) is 4.47 Å². The Morgan fingerprint density at radius 2 is 1.92 bits per heavy atom. The van der Waals surface area contributed by atoms with Gasteiger partial charge in [-0.3, -0.25) is 4.79 Å². The Morgan fingerprint density at radius 1 is 1.23 bits per heavy atom. The van der Waals surface area contributed by atoms with Crippen molar-refractivity contribution in [2.75, 3.05) is 11.6 Å². The van der Waals surface area contributed by atoms with Gasteiger partial charge in [0.25, 0.3) is 5.91 Å². The second kappa shape index (κ2) is 7.63. The molecule has 0 aromatic heterocycles. The minimum atomic E-state index is -0.202. The number of aromatic hydroxyl groups is 1. The molecular weight excluding hydrogens is 464 g/mol. The molecule has 0 bridgehead atoms. The van der Waals surface area contributed by atoms with E-state index >= 15 is 0 Å². The fourth-order valence-corrected chi connectivity index (χ4v) is 3.27. The van der Waals surface area contributed by atoms with E-state index in [1.807, 2.05) is 31.2 Å². The quantitative estimate of drug-likeness (QED) is 0.619. The first-order chi connectivity index (χ1) is 12.4. The van der Waals surface area contributed by atoms with Crippen molar-refractivity contribution in [1.82, 2.24) is 0 Å². The van der Waals surface area contributed by atoms with Gasteiger partial charge in [0.1, 0.15) is 0 Å². The molecule has 0 atom stereocenters. The van der Waals surface area contributed by atoms with Gasteiger partial charge < -0.3 is 9.84 Å². The molecule has 0 spiro atoms. The third-order valence-electron chi connectivity index (χ3n) is 3.80. The molecule has 3 rings (SSSR count). The zero-order chi connectivity index (χ0) is 18.8. The summed E-state index contributed by atoms with van der Waals surface area (Å²) in [6.07, 6.45) is 1.74. The molecule has 26 heavy (non-hydrogen) atoms. The molecule has 2 aromatic rings. The number of carbonyl (C=O) groups excluding carboxylic acids is 1. The van der Waals surface area contributed by atoms with Crippen molar-refractivity contribution in [1.29, 1.82) is 0 Å². The van der Waals surface area contributed by atoms with E-state index in [0.717, 1.165) is 10.0 Å². The summed E-state index contributed by atoms with van der Waals surface area (Å²) in [4.78, 5) is 12.8. The van der Waals surface area contributed by atoms with E-state index < -0.39 is 0 Å². The van der Waals surface area contributed by atoms with Crippen LogP contribution in [-0.4, -0.2) is 23.3 Å². The zero-order valence-corrected chi connectivity index (χ0v) is 17.3. The Hall–Kier alpha value is -2.12. The van der Waals surface area contributed by atoms with Crippen molar-refractivity contribution in [3.8, 4) is 11.5 Å². The molecule has 0 saturated heterocycles. The first-order valence-electron chi connectivity index (χ1n) is 7.93. The van der Waals surface area contributed by atoms with E-state index in [4.69, 9.17) is 4.74 Å². The number of benzene rings is 2. The van der Waals surface area contributed by atoms with Crippen LogP contribution in [0.5, 0.6) is 11.5 Å². The number of nitrogens with zero attached hydrogens (tertiary/aromatic N) is 2. The Labute approximate surface area is 168 Å². The number of amides is 1. The monoisotopic (exact) mass is 478 g/mol. The highest BCUT2D eigenvalue weighted by Crippen LogP contribution is 2.36. The number of carbonyl (C=O) groups is 1. The number of phenolic OH excluding ortho intramolecular Hbond substituents is 1. The number of ether oxygens (including phenoxy) is 1. The molecule has 1 aliphatic heterocycles. The van der Waals surface area contributed by atoms with Gasteiger partial charge in [0.15, 0.2) is 11.5 Å². The predicted octanol–water partition coefficient (Wildman–Crippen LogP) is 5.12. The lowest BCUT2D eigenvalue weighted by atomic mass is 10.1. The third-order valence-corrected chi connectivity index (χ3v) is 4.93. The average Bonchev–Trinajstić information content (AvgIpc) is 2.88. The molecule has 1 amide bonds. The van der Waals surface area contributed by atoms with Crippen LogP contribution >= 0.6 is 31.9 Å². The Morgan fingerprint density at radius 3 is 2.58 bits per heavy atom. The summed E-state index contributed by atoms with van der Waals surface area (Å²) in [6.45, 7) is 4.06. The lowest BCUT2D eigenvalue weighted by molar-refractivity contribution is -0.114. The topological polar surface area (TPSA) is 62.1 Å². The number of rotatable bonds is 4. The molecule has 5 nitrogen and oxygen atoms in total. The number of anilines is 1. The Kier molecular flexibility index (Phi) is 5.48. The van der Waals surface area contributed by atoms with E-state index in [2.05, 4.69) is 37.0 Å². The summed E-state index contributed by atoms with van der Waals surface area (Å²) >= 11 is 6.69. The molecular formula is C19H16Br2N2O3. The first-order valence-corrected chi connectivity index (χ1v) is 9.52. The average molecular weight is 480 g/mol. The van der Waals surface area contributed by atoms with E-state index in [1.165, 1.54) is 5.01 Å². The van der Waals surface area contributed by atoms with Crippen LogP contribution in [0.2, 0.25) is 0 Å². The molecule has 0 unspecified atom stereocenters. The second-order valence-corrected chi connectivity index (χ2v) is 7.39. The number of phenols is 1. The summed E-state index contributed by atoms with van der Waals surface area (Å²) in [5.74, 6) is 0.194. The maximum absolute atomic E-state index is 12.8. The van der Waals surface area contributed by atoms with Gasteiger partial charge in [-0.15, -0.1) is 0 Å². The van der Waals surface area contributed by atoms with Crippen molar-refractivity contribution in [2.24, 2.45) is 5.10 Å². The van der Waals surface area contributed by atoms with Crippen molar-refractivity contribution in [3.05, 3.63) is 56.5 Å². The predicted molar refractivity (Wildman–Crippen MR) is 110 cm³/mol. The van der Waals surface area contributed by atoms with Gasteiger partial charge in [0.2, 0.25) is 0 Å². The van der Waals surface area contributed by atoms with Crippen molar-refractivity contribution in [2.45, 2.75) is 13.8 Å². The lowest BCUT2D eigenvalue weighted by Crippen LogP contribution is -2.21. The lowest BCUT2D eigenvalue weighted by Gasteiger charge is -2.12. The molecule has 7 heteroatoms. The largest absolute Gasteiger partial charge is 0.503 e. The Balaban J connectivity index is 1.96. The molecule has 2 aromatic carbocycles. The number of hydrogen-bond donors (Lipinski definition) is 1. The van der Waals surface area contributed by atoms with Crippen molar-refractivity contribution >= 4 is 55.2 Å². The fourth-order valence-electron chi connectivity index (χ4n) is 2.55. The van der Waals surface area contributed by atoms with E-state index in [-0.39, 0.29) is 11.7 Å². The highest BCUT2D eigenvalue weighted by Gasteiger charge is 2.28. The van der Waals surface area contributed by atoms with Gasteiger partial charge in [0.05, 0.1) is 28.1 Å². The summed E-state index contributed by atoms with van der Waals surface area (Å²) < 4.78 is 6.87. The smallest absolute Gasteiger partial charge is 0.280 e. The van der Waals surface area contributed by atoms with Crippen LogP contribution in [0.25, 0.3) is 6.08 Å². The van der Waals surface area contributed by atoms with E-state index in [0.29, 0.717) is 33.8 Å². The molecule has 0 radical (unpaired) electrons. The van der Waals surface area contributed by atoms with Crippen molar-refractivity contribution in [3.63, 3.8) is 0 Å². The van der Waals surface area contributed by atoms with Crippen LogP contribution in [0.15, 0.2) is 56.0 Å². The van der Waals surface area contributed by atoms with Crippen LogP contribution < -0.4 is 9.75 Å². The van der Waals surface area contributed by atoms with Gasteiger partial charge in [-0.25, -0.2) is 0 Å². The van der Waals surface area contributed by atoms with E-state index in [9.17, 15) is 9.90 Å². The zero-order valence-electron chi connectivity index (χ0n) is 14.2. The highest BCUT2D eigenvalue weighted by atomic mass is 79.9. The van der Waals surface area contributed by atoms with Crippen LogP contribution in [0.4, 0.5) is 5.69 Å². The molecule has 1 heterocycles. The maximum Gasteiger partial charge on any atom is 0.280 e. The minimum absolute atomic E-state index is 0.0358. The maximum atomic E-state index is 12.8. The fraction of sp³-hybridized carbons (Fsp3) is 0.158. The highest BCUT2D eigenvalue weighted by molar-refractivity contribution is 9.10. The number of hydrogen-bond acceptors (Lipinski definition) is 4. The number of halogens is 2. The summed E-state index contributed by atoms with van der Waals surface area (Å²) in [5, 5.41) is 15.8. The second-order valence-electron chi connectivity index (χ2n) is 5.62. The summed E-state index contributed by atoms with van der Waals surface area (Å²) in [5.41, 5.74) is 2.55. The molecule has 134 valence electrons. The Bertz CT molecular complexity index is 921. The summed E-state index contributed by atoms with van der Waals surface area (Å²) in [7, 11) is 0. The van der Waals surface area contributed by atoms with Gasteiger partial charge in [-0.2, -0.15) is 10.1 Å². The molecule has 0 aliphatic carbocycles. The van der Waals surface area contributed by atoms with Crippen LogP contribution in [0.3, 0.4) is 0 Å². The molecule has 0 fully saturated rings. The van der Waals surface area contributed by atoms with Gasteiger partial charge in [-0.1, -0.05) is 15.9 Å². The molecule has 0 saturated carbocycles. The minimum Gasteiger partial charge on any atom is -0.503 e. The normalized spacial score (nSPS) is 15.5. The number of hydrazone groups is 1. The van der Waals surface area contributed by atoms with Crippen LogP contribution in [-0.2, 0) is 4.79 Å².